The summed E-state index contributed by atoms with van der Waals surface area (Å²) >= 11 is 0. The van der Waals surface area contributed by atoms with Crippen LogP contribution in [0, 0.1) is 22.2 Å². The Labute approximate surface area is 90.5 Å². The number of hydrogen-bond acceptors (Lipinski definition) is 0. The van der Waals surface area contributed by atoms with E-state index in [1.165, 1.54) is 19.3 Å². The SMILES string of the molecule is CC(C)C1(C)CCC(C)(C(C)(C)C)C1. The van der Waals surface area contributed by atoms with E-state index < -0.39 is 0 Å². The lowest BCUT2D eigenvalue weighted by atomic mass is 9.64. The second-order valence-corrected chi connectivity index (χ2v) is 7.30. The summed E-state index contributed by atoms with van der Waals surface area (Å²) in [7, 11) is 0. The first-order chi connectivity index (χ1) is 6.11. The summed E-state index contributed by atoms with van der Waals surface area (Å²) in [5.74, 6) is 0.826. The van der Waals surface area contributed by atoms with E-state index in [1.54, 1.807) is 0 Å². The fourth-order valence-electron chi connectivity index (χ4n) is 2.76. The molecular formula is C14H28. The van der Waals surface area contributed by atoms with Gasteiger partial charge in [-0.15, -0.1) is 0 Å². The molecule has 0 N–H and O–H groups in total. The van der Waals surface area contributed by atoms with E-state index >= 15 is 0 Å². The third-order valence-electron chi connectivity index (χ3n) is 5.25. The van der Waals surface area contributed by atoms with Crippen molar-refractivity contribution in [2.75, 3.05) is 0 Å². The Kier molecular flexibility index (Phi) is 2.80. The minimum absolute atomic E-state index is 0.458. The van der Waals surface area contributed by atoms with Gasteiger partial charge < -0.3 is 0 Å². The summed E-state index contributed by atoms with van der Waals surface area (Å²) in [6, 6.07) is 0. The molecule has 1 aliphatic carbocycles. The third kappa shape index (κ3) is 1.85. The smallest absolute Gasteiger partial charge is 0.0272 e. The van der Waals surface area contributed by atoms with E-state index in [2.05, 4.69) is 48.5 Å². The van der Waals surface area contributed by atoms with Crippen LogP contribution in [0.25, 0.3) is 0 Å². The van der Waals surface area contributed by atoms with Crippen molar-refractivity contribution < 1.29 is 0 Å². The van der Waals surface area contributed by atoms with E-state index in [0.717, 1.165) is 5.92 Å². The van der Waals surface area contributed by atoms with Crippen LogP contribution in [-0.2, 0) is 0 Å². The van der Waals surface area contributed by atoms with Gasteiger partial charge in [0.25, 0.3) is 0 Å². The van der Waals surface area contributed by atoms with Gasteiger partial charge >= 0.3 is 0 Å². The highest BCUT2D eigenvalue weighted by atomic mass is 14.5. The van der Waals surface area contributed by atoms with Crippen molar-refractivity contribution in [1.29, 1.82) is 0 Å². The molecule has 84 valence electrons. The molecule has 1 fully saturated rings. The second kappa shape index (κ2) is 3.25. The summed E-state index contributed by atoms with van der Waals surface area (Å²) in [6.45, 7) is 16.9. The molecule has 0 aromatic rings. The van der Waals surface area contributed by atoms with E-state index in [4.69, 9.17) is 0 Å². The summed E-state index contributed by atoms with van der Waals surface area (Å²) < 4.78 is 0. The standard InChI is InChI=1S/C14H28/c1-11(2)13(6)8-9-14(7,10-13)12(3,4)5/h11H,8-10H2,1-7H3. The zero-order chi connectivity index (χ0) is 11.2. The van der Waals surface area contributed by atoms with Crippen LogP contribution in [0.4, 0.5) is 0 Å². The van der Waals surface area contributed by atoms with Crippen molar-refractivity contribution in [3.63, 3.8) is 0 Å². The van der Waals surface area contributed by atoms with Gasteiger partial charge in [-0.2, -0.15) is 0 Å². The van der Waals surface area contributed by atoms with Gasteiger partial charge in [0.15, 0.2) is 0 Å². The monoisotopic (exact) mass is 196 g/mol. The Morgan fingerprint density at radius 1 is 1.00 bits per heavy atom. The van der Waals surface area contributed by atoms with Crippen LogP contribution in [-0.4, -0.2) is 0 Å². The topological polar surface area (TPSA) is 0 Å². The van der Waals surface area contributed by atoms with E-state index in [1.807, 2.05) is 0 Å². The van der Waals surface area contributed by atoms with Gasteiger partial charge in [-0.3, -0.25) is 0 Å². The predicted octanol–water partition coefficient (Wildman–Crippen LogP) is 4.89. The lowest BCUT2D eigenvalue weighted by Gasteiger charge is -2.41. The van der Waals surface area contributed by atoms with Crippen LogP contribution in [0.5, 0.6) is 0 Å². The van der Waals surface area contributed by atoms with Crippen LogP contribution < -0.4 is 0 Å². The molecule has 1 saturated carbocycles. The molecule has 0 radical (unpaired) electrons. The highest BCUT2D eigenvalue weighted by Crippen LogP contribution is 2.59. The molecule has 1 aliphatic rings. The molecule has 0 aromatic heterocycles. The molecular weight excluding hydrogens is 168 g/mol. The van der Waals surface area contributed by atoms with Crippen LogP contribution >= 0.6 is 0 Å². The van der Waals surface area contributed by atoms with Gasteiger partial charge in [-0.05, 0) is 41.4 Å². The summed E-state index contributed by atoms with van der Waals surface area (Å²) in [5.41, 5.74) is 1.59. The molecule has 1 rings (SSSR count). The minimum atomic E-state index is 0.458. The molecule has 0 nitrogen and oxygen atoms in total. The fourth-order valence-corrected chi connectivity index (χ4v) is 2.76. The van der Waals surface area contributed by atoms with Crippen molar-refractivity contribution in [2.45, 2.75) is 67.7 Å². The lowest BCUT2D eigenvalue weighted by molar-refractivity contribution is 0.0867. The van der Waals surface area contributed by atoms with Crippen molar-refractivity contribution in [3.8, 4) is 0 Å². The highest BCUT2D eigenvalue weighted by Gasteiger charge is 2.49. The van der Waals surface area contributed by atoms with Gasteiger partial charge in [-0.25, -0.2) is 0 Å². The average Bonchev–Trinajstić information content (AvgIpc) is 2.28. The van der Waals surface area contributed by atoms with Crippen molar-refractivity contribution >= 4 is 0 Å². The van der Waals surface area contributed by atoms with E-state index in [-0.39, 0.29) is 0 Å². The molecule has 0 heteroatoms. The molecule has 0 spiro atoms. The van der Waals surface area contributed by atoms with Gasteiger partial charge in [0.2, 0.25) is 0 Å². The third-order valence-corrected chi connectivity index (χ3v) is 5.25. The van der Waals surface area contributed by atoms with Crippen LogP contribution in [0.1, 0.15) is 67.7 Å². The molecule has 0 aromatic carbocycles. The lowest BCUT2D eigenvalue weighted by Crippen LogP contribution is -2.32. The molecule has 0 bridgehead atoms. The van der Waals surface area contributed by atoms with E-state index in [0.29, 0.717) is 16.2 Å². The molecule has 2 unspecified atom stereocenters. The normalized spacial score (nSPS) is 39.4. The highest BCUT2D eigenvalue weighted by molar-refractivity contribution is 4.99. The zero-order valence-electron chi connectivity index (χ0n) is 11.2. The minimum Gasteiger partial charge on any atom is -0.0623 e. The van der Waals surface area contributed by atoms with Gasteiger partial charge in [0.1, 0.15) is 0 Å². The first-order valence-corrected chi connectivity index (χ1v) is 6.11. The van der Waals surface area contributed by atoms with E-state index in [9.17, 15) is 0 Å². The van der Waals surface area contributed by atoms with Crippen molar-refractivity contribution in [3.05, 3.63) is 0 Å². The fraction of sp³-hybridized carbons (Fsp3) is 1.00. The maximum atomic E-state index is 2.49. The zero-order valence-corrected chi connectivity index (χ0v) is 11.2. The summed E-state index contributed by atoms with van der Waals surface area (Å²) in [6.07, 6.45) is 4.23. The van der Waals surface area contributed by atoms with Crippen LogP contribution in [0.15, 0.2) is 0 Å². The molecule has 0 aliphatic heterocycles. The maximum Gasteiger partial charge on any atom is -0.0272 e. The largest absolute Gasteiger partial charge is 0.0623 e. The first kappa shape index (κ1) is 12.1. The maximum absolute atomic E-state index is 2.49. The Balaban J connectivity index is 2.83. The number of rotatable bonds is 1. The Hall–Kier alpha value is 0. The molecule has 0 saturated heterocycles. The molecule has 0 amide bonds. The van der Waals surface area contributed by atoms with Crippen LogP contribution in [0.2, 0.25) is 0 Å². The Morgan fingerprint density at radius 3 is 1.71 bits per heavy atom. The van der Waals surface area contributed by atoms with Crippen LogP contribution in [0.3, 0.4) is 0 Å². The Bertz CT molecular complexity index is 209. The van der Waals surface area contributed by atoms with Gasteiger partial charge in [-0.1, -0.05) is 48.5 Å². The van der Waals surface area contributed by atoms with Crippen molar-refractivity contribution in [1.82, 2.24) is 0 Å². The number of hydrogen-bond donors (Lipinski definition) is 0. The van der Waals surface area contributed by atoms with Crippen molar-refractivity contribution in [2.24, 2.45) is 22.2 Å². The van der Waals surface area contributed by atoms with Gasteiger partial charge in [0, 0.05) is 0 Å². The average molecular weight is 196 g/mol. The first-order valence-electron chi connectivity index (χ1n) is 6.11. The summed E-state index contributed by atoms with van der Waals surface area (Å²) in [5, 5.41) is 0. The molecule has 0 heterocycles. The predicted molar refractivity (Wildman–Crippen MR) is 64.4 cm³/mol. The summed E-state index contributed by atoms with van der Waals surface area (Å²) in [4.78, 5) is 0. The molecule has 14 heavy (non-hydrogen) atoms. The second-order valence-electron chi connectivity index (χ2n) is 7.30. The Morgan fingerprint density at radius 2 is 1.50 bits per heavy atom. The quantitative estimate of drug-likeness (QED) is 0.560. The van der Waals surface area contributed by atoms with Gasteiger partial charge in [0.05, 0.1) is 0 Å². The molecule has 2 atom stereocenters.